The molecule has 0 aliphatic heterocycles. The molecule has 0 saturated heterocycles. The van der Waals surface area contributed by atoms with Gasteiger partial charge in [0, 0.05) is 23.6 Å². The van der Waals surface area contributed by atoms with Crippen LogP contribution in [0.3, 0.4) is 0 Å². The van der Waals surface area contributed by atoms with Crippen LogP contribution < -0.4 is 10.6 Å². The summed E-state index contributed by atoms with van der Waals surface area (Å²) in [4.78, 5) is 27.7. The zero-order valence-corrected chi connectivity index (χ0v) is 16.9. The molecule has 0 spiro atoms. The van der Waals surface area contributed by atoms with E-state index < -0.39 is 17.2 Å². The molecule has 9 heteroatoms. The van der Waals surface area contributed by atoms with Gasteiger partial charge in [0.25, 0.3) is 11.1 Å². The fourth-order valence-electron chi connectivity index (χ4n) is 3.00. The molecule has 0 bridgehead atoms. The van der Waals surface area contributed by atoms with E-state index in [4.69, 9.17) is 4.42 Å². The van der Waals surface area contributed by atoms with Gasteiger partial charge in [0.15, 0.2) is 0 Å². The lowest BCUT2D eigenvalue weighted by Crippen LogP contribution is -2.41. The van der Waals surface area contributed by atoms with Crippen LogP contribution in [0.5, 0.6) is 0 Å². The van der Waals surface area contributed by atoms with Crippen LogP contribution in [0, 0.1) is 0 Å². The molecule has 0 saturated carbocycles. The van der Waals surface area contributed by atoms with Gasteiger partial charge in [-0.1, -0.05) is 48.5 Å². The van der Waals surface area contributed by atoms with Crippen LogP contribution in [0.25, 0.3) is 22.4 Å². The number of benzene rings is 2. The molecule has 0 aliphatic rings. The third-order valence-electron chi connectivity index (χ3n) is 4.36. The predicted octanol–water partition coefficient (Wildman–Crippen LogP) is 3.90. The van der Waals surface area contributed by atoms with Gasteiger partial charge in [-0.3, -0.25) is 10.1 Å². The molecule has 152 valence electrons. The zero-order valence-electron chi connectivity index (χ0n) is 16.1. The molecule has 3 N–H and O–H groups in total. The van der Waals surface area contributed by atoms with Gasteiger partial charge in [-0.15, -0.1) is 10.2 Å². The number of hydrogen-bond donors (Lipinski definition) is 3. The largest absolute Gasteiger partial charge is 0.411 e. The molecule has 3 amide bonds. The second kappa shape index (κ2) is 8.83. The highest BCUT2D eigenvalue weighted by atomic mass is 32.2. The van der Waals surface area contributed by atoms with Crippen LogP contribution in [0.15, 0.2) is 70.4 Å². The number of nitrogens with zero attached hydrogens (tertiary/aromatic N) is 2. The topological polar surface area (TPSA) is 113 Å². The standard InChI is InChI=1S/C21H19N5O3S/c1-2-22-20(28)24-18(27)17(13-8-4-3-5-9-13)30-21-26-25-19(29-21)15-12-23-16-11-7-6-10-14(15)16/h3-12,17,23H,2H2,1H3,(H2,22,24,27,28). The number of urea groups is 1. The Kier molecular flexibility index (Phi) is 5.80. The Morgan fingerprint density at radius 3 is 2.67 bits per heavy atom. The minimum absolute atomic E-state index is 0.232. The minimum atomic E-state index is -0.731. The number of carbonyl (C=O) groups excluding carboxylic acids is 2. The van der Waals surface area contributed by atoms with E-state index in [0.29, 0.717) is 12.4 Å². The lowest BCUT2D eigenvalue weighted by Gasteiger charge is -2.14. The maximum absolute atomic E-state index is 12.8. The SMILES string of the molecule is CCNC(=O)NC(=O)C(Sc1nnc(-c2c[nH]c3ccccc23)o1)c1ccccc1. The van der Waals surface area contributed by atoms with Crippen molar-refractivity contribution < 1.29 is 14.0 Å². The van der Waals surface area contributed by atoms with Crippen molar-refractivity contribution in [1.29, 1.82) is 0 Å². The second-order valence-electron chi connectivity index (χ2n) is 6.38. The van der Waals surface area contributed by atoms with Gasteiger partial charge in [-0.05, 0) is 30.3 Å². The summed E-state index contributed by atoms with van der Waals surface area (Å²) in [5.41, 5.74) is 2.47. The Morgan fingerprint density at radius 2 is 1.87 bits per heavy atom. The van der Waals surface area contributed by atoms with Gasteiger partial charge >= 0.3 is 6.03 Å². The quantitative estimate of drug-likeness (QED) is 0.407. The van der Waals surface area contributed by atoms with Gasteiger partial charge in [-0.2, -0.15) is 0 Å². The number of rotatable bonds is 6. The molecule has 2 aromatic heterocycles. The molecule has 30 heavy (non-hydrogen) atoms. The van der Waals surface area contributed by atoms with Crippen molar-refractivity contribution in [2.45, 2.75) is 17.4 Å². The van der Waals surface area contributed by atoms with E-state index in [1.807, 2.05) is 60.8 Å². The van der Waals surface area contributed by atoms with Crippen molar-refractivity contribution >= 4 is 34.6 Å². The van der Waals surface area contributed by atoms with Crippen molar-refractivity contribution in [2.24, 2.45) is 0 Å². The first kappa shape index (κ1) is 19.7. The molecule has 4 rings (SSSR count). The summed E-state index contributed by atoms with van der Waals surface area (Å²) in [5.74, 6) is -0.116. The van der Waals surface area contributed by atoms with E-state index >= 15 is 0 Å². The molecular formula is C21H19N5O3S. The van der Waals surface area contributed by atoms with Crippen molar-refractivity contribution in [3.8, 4) is 11.5 Å². The Labute approximate surface area is 176 Å². The summed E-state index contributed by atoms with van der Waals surface area (Å²) in [7, 11) is 0. The van der Waals surface area contributed by atoms with E-state index in [1.165, 1.54) is 0 Å². The molecule has 1 unspecified atom stereocenters. The zero-order chi connectivity index (χ0) is 20.9. The van der Waals surface area contributed by atoms with Crippen LogP contribution in [0.1, 0.15) is 17.7 Å². The van der Waals surface area contributed by atoms with Gasteiger partial charge in [0.2, 0.25) is 5.91 Å². The first-order chi connectivity index (χ1) is 14.7. The number of amides is 3. The lowest BCUT2D eigenvalue weighted by atomic mass is 10.1. The van der Waals surface area contributed by atoms with Crippen LogP contribution in [0.4, 0.5) is 4.79 Å². The van der Waals surface area contributed by atoms with Gasteiger partial charge in [0.05, 0.1) is 5.56 Å². The van der Waals surface area contributed by atoms with E-state index in [-0.39, 0.29) is 5.22 Å². The van der Waals surface area contributed by atoms with Crippen molar-refractivity contribution in [1.82, 2.24) is 25.8 Å². The smallest absolute Gasteiger partial charge is 0.321 e. The molecule has 2 aromatic carbocycles. The summed E-state index contributed by atoms with van der Waals surface area (Å²) in [5, 5.41) is 13.6. The normalized spacial score (nSPS) is 11.9. The summed E-state index contributed by atoms with van der Waals surface area (Å²) < 4.78 is 5.83. The van der Waals surface area contributed by atoms with Crippen molar-refractivity contribution in [2.75, 3.05) is 6.54 Å². The third kappa shape index (κ3) is 4.20. The molecule has 0 aliphatic carbocycles. The fourth-order valence-corrected chi connectivity index (χ4v) is 3.87. The summed E-state index contributed by atoms with van der Waals surface area (Å²) in [6.45, 7) is 2.19. The molecule has 4 aromatic rings. The van der Waals surface area contributed by atoms with Crippen LogP contribution in [-0.4, -0.2) is 33.7 Å². The number of imide groups is 1. The highest BCUT2D eigenvalue weighted by Gasteiger charge is 2.26. The number of aromatic nitrogens is 3. The highest BCUT2D eigenvalue weighted by Crippen LogP contribution is 2.36. The monoisotopic (exact) mass is 421 g/mol. The van der Waals surface area contributed by atoms with Gasteiger partial charge < -0.3 is 14.7 Å². The highest BCUT2D eigenvalue weighted by molar-refractivity contribution is 8.00. The average Bonchev–Trinajstić information content (AvgIpc) is 3.39. The van der Waals surface area contributed by atoms with E-state index in [2.05, 4.69) is 25.8 Å². The number of aromatic amines is 1. The Balaban J connectivity index is 1.59. The number of thioether (sulfide) groups is 1. The average molecular weight is 421 g/mol. The van der Waals surface area contributed by atoms with Gasteiger partial charge in [-0.25, -0.2) is 4.79 Å². The van der Waals surface area contributed by atoms with Crippen molar-refractivity contribution in [3.63, 3.8) is 0 Å². The van der Waals surface area contributed by atoms with Crippen LogP contribution >= 0.6 is 11.8 Å². The third-order valence-corrected chi connectivity index (χ3v) is 5.45. The van der Waals surface area contributed by atoms with Crippen LogP contribution in [-0.2, 0) is 4.79 Å². The van der Waals surface area contributed by atoms with Crippen molar-refractivity contribution in [3.05, 3.63) is 66.4 Å². The predicted molar refractivity (Wildman–Crippen MR) is 114 cm³/mol. The number of H-pyrrole nitrogens is 1. The molecule has 8 nitrogen and oxygen atoms in total. The van der Waals surface area contributed by atoms with Crippen LogP contribution in [0.2, 0.25) is 0 Å². The molecule has 2 heterocycles. The van der Waals surface area contributed by atoms with E-state index in [9.17, 15) is 9.59 Å². The number of para-hydroxylation sites is 1. The Bertz CT molecular complexity index is 1170. The summed E-state index contributed by atoms with van der Waals surface area (Å²) in [6, 6.07) is 16.4. The number of carbonyl (C=O) groups is 2. The number of hydrogen-bond acceptors (Lipinski definition) is 6. The number of fused-ring (bicyclic) bond motifs is 1. The first-order valence-corrected chi connectivity index (χ1v) is 10.2. The molecule has 1 atom stereocenters. The number of nitrogens with one attached hydrogen (secondary N) is 3. The summed E-state index contributed by atoms with van der Waals surface area (Å²) in [6.07, 6.45) is 1.81. The fraction of sp³-hybridized carbons (Fsp3) is 0.143. The minimum Gasteiger partial charge on any atom is -0.411 e. The first-order valence-electron chi connectivity index (χ1n) is 9.36. The lowest BCUT2D eigenvalue weighted by molar-refractivity contribution is -0.119. The maximum atomic E-state index is 12.8. The summed E-state index contributed by atoms with van der Waals surface area (Å²) >= 11 is 1.09. The van der Waals surface area contributed by atoms with Gasteiger partial charge in [0.1, 0.15) is 5.25 Å². The maximum Gasteiger partial charge on any atom is 0.321 e. The Hall–Kier alpha value is -3.59. The molecular weight excluding hydrogens is 402 g/mol. The van der Waals surface area contributed by atoms with E-state index in [0.717, 1.165) is 33.8 Å². The second-order valence-corrected chi connectivity index (χ2v) is 7.43. The molecule has 0 radical (unpaired) electrons. The molecule has 0 fully saturated rings. The van der Waals surface area contributed by atoms with E-state index in [1.54, 1.807) is 6.92 Å². The Morgan fingerprint density at radius 1 is 1.10 bits per heavy atom.